The number of halogens is 2. The molecule has 0 fully saturated rings. The third-order valence-corrected chi connectivity index (χ3v) is 1.93. The Balaban J connectivity index is 3.08. The molecule has 1 rings (SSSR count). The van der Waals surface area contributed by atoms with Crippen molar-refractivity contribution < 1.29 is 9.18 Å². The Morgan fingerprint density at radius 2 is 2.15 bits per heavy atom. The van der Waals surface area contributed by atoms with E-state index in [2.05, 4.69) is 0 Å². The molecule has 0 aromatic heterocycles. The van der Waals surface area contributed by atoms with E-state index in [4.69, 9.17) is 23.1 Å². The Morgan fingerprint density at radius 3 is 2.62 bits per heavy atom. The monoisotopic (exact) mass is 202 g/mol. The molecular formula is C8H8ClFN2O. The van der Waals surface area contributed by atoms with Gasteiger partial charge in [0.05, 0.1) is 0 Å². The fourth-order valence-corrected chi connectivity index (χ4v) is 1.19. The van der Waals surface area contributed by atoms with E-state index in [0.717, 1.165) is 6.07 Å². The molecule has 0 radical (unpaired) electrons. The van der Waals surface area contributed by atoms with E-state index in [9.17, 15) is 9.18 Å². The normalized spacial score (nSPS) is 12.5. The Bertz CT molecular complexity index is 343. The first-order valence-electron chi connectivity index (χ1n) is 3.52. The van der Waals surface area contributed by atoms with Gasteiger partial charge < -0.3 is 11.5 Å². The molecule has 13 heavy (non-hydrogen) atoms. The van der Waals surface area contributed by atoms with Crippen LogP contribution in [0.2, 0.25) is 5.02 Å². The molecule has 0 aliphatic carbocycles. The molecule has 0 saturated heterocycles. The van der Waals surface area contributed by atoms with Crippen LogP contribution in [0, 0.1) is 5.82 Å². The van der Waals surface area contributed by atoms with Crippen molar-refractivity contribution in [2.45, 2.75) is 6.04 Å². The molecule has 4 N–H and O–H groups in total. The van der Waals surface area contributed by atoms with Crippen LogP contribution in [0.1, 0.15) is 11.6 Å². The van der Waals surface area contributed by atoms with Crippen LogP contribution in [0.15, 0.2) is 18.2 Å². The number of carbonyl (C=O) groups excluding carboxylic acids is 1. The number of primary amides is 1. The molecule has 1 aromatic rings. The highest BCUT2D eigenvalue weighted by molar-refractivity contribution is 6.31. The van der Waals surface area contributed by atoms with Gasteiger partial charge in [-0.05, 0) is 17.7 Å². The maximum absolute atomic E-state index is 12.6. The second-order valence-electron chi connectivity index (χ2n) is 2.55. The average Bonchev–Trinajstić information content (AvgIpc) is 2.03. The molecule has 0 heterocycles. The summed E-state index contributed by atoms with van der Waals surface area (Å²) in [6, 6.07) is 2.60. The summed E-state index contributed by atoms with van der Waals surface area (Å²) in [5, 5.41) is 0.103. The van der Waals surface area contributed by atoms with Gasteiger partial charge in [0.15, 0.2) is 0 Å². The van der Waals surface area contributed by atoms with E-state index in [0.29, 0.717) is 5.56 Å². The predicted octanol–water partition coefficient (Wildman–Crippen LogP) is 0.964. The standard InChI is InChI=1S/C8H8ClFN2O/c9-6-3-4(10)1-2-5(6)7(11)8(12)13/h1-3,7H,11H2,(H2,12,13). The van der Waals surface area contributed by atoms with Crippen LogP contribution < -0.4 is 11.5 Å². The lowest BCUT2D eigenvalue weighted by molar-refractivity contribution is -0.119. The minimum absolute atomic E-state index is 0.103. The molecule has 0 aliphatic heterocycles. The maximum atomic E-state index is 12.6. The second kappa shape index (κ2) is 3.72. The highest BCUT2D eigenvalue weighted by atomic mass is 35.5. The molecule has 70 valence electrons. The fraction of sp³-hybridized carbons (Fsp3) is 0.125. The minimum atomic E-state index is -0.993. The zero-order valence-corrected chi connectivity index (χ0v) is 7.38. The van der Waals surface area contributed by atoms with Gasteiger partial charge in [0, 0.05) is 5.02 Å². The number of carbonyl (C=O) groups is 1. The van der Waals surface area contributed by atoms with Crippen LogP contribution in [0.4, 0.5) is 4.39 Å². The Labute approximate surface area is 79.5 Å². The van der Waals surface area contributed by atoms with E-state index >= 15 is 0 Å². The summed E-state index contributed by atoms with van der Waals surface area (Å²) in [5.41, 5.74) is 10.7. The number of rotatable bonds is 2. The summed E-state index contributed by atoms with van der Waals surface area (Å²) < 4.78 is 12.6. The molecule has 3 nitrogen and oxygen atoms in total. The summed E-state index contributed by atoms with van der Waals surface area (Å²) in [7, 11) is 0. The maximum Gasteiger partial charge on any atom is 0.238 e. The van der Waals surface area contributed by atoms with Crippen molar-refractivity contribution >= 4 is 17.5 Å². The zero-order chi connectivity index (χ0) is 10.0. The molecule has 0 bridgehead atoms. The van der Waals surface area contributed by atoms with Crippen molar-refractivity contribution in [2.24, 2.45) is 11.5 Å². The van der Waals surface area contributed by atoms with Gasteiger partial charge in [-0.15, -0.1) is 0 Å². The fourth-order valence-electron chi connectivity index (χ4n) is 0.907. The van der Waals surface area contributed by atoms with Gasteiger partial charge >= 0.3 is 0 Å². The van der Waals surface area contributed by atoms with Crippen LogP contribution in [0.5, 0.6) is 0 Å². The quantitative estimate of drug-likeness (QED) is 0.750. The van der Waals surface area contributed by atoms with Crippen LogP contribution >= 0.6 is 11.6 Å². The Hall–Kier alpha value is -1.13. The van der Waals surface area contributed by atoms with Gasteiger partial charge in [0.25, 0.3) is 0 Å². The van der Waals surface area contributed by atoms with Gasteiger partial charge in [-0.25, -0.2) is 4.39 Å². The number of hydrogen-bond donors (Lipinski definition) is 2. The zero-order valence-electron chi connectivity index (χ0n) is 6.63. The first kappa shape index (κ1) is 9.95. The summed E-state index contributed by atoms with van der Waals surface area (Å²) in [4.78, 5) is 10.7. The van der Waals surface area contributed by atoms with E-state index in [1.807, 2.05) is 0 Å². The lowest BCUT2D eigenvalue weighted by atomic mass is 10.1. The molecule has 0 aliphatic rings. The van der Waals surface area contributed by atoms with Crippen molar-refractivity contribution in [3.8, 4) is 0 Å². The summed E-state index contributed by atoms with van der Waals surface area (Å²) in [6.07, 6.45) is 0. The summed E-state index contributed by atoms with van der Waals surface area (Å²) in [6.45, 7) is 0. The number of amides is 1. The van der Waals surface area contributed by atoms with Crippen molar-refractivity contribution in [1.29, 1.82) is 0 Å². The molecule has 1 amide bonds. The smallest absolute Gasteiger partial charge is 0.238 e. The molecule has 0 saturated carbocycles. The van der Waals surface area contributed by atoms with Crippen molar-refractivity contribution in [2.75, 3.05) is 0 Å². The van der Waals surface area contributed by atoms with Crippen molar-refractivity contribution in [3.05, 3.63) is 34.6 Å². The van der Waals surface area contributed by atoms with Gasteiger partial charge in [0.1, 0.15) is 11.9 Å². The van der Waals surface area contributed by atoms with Crippen molar-refractivity contribution in [3.63, 3.8) is 0 Å². The van der Waals surface area contributed by atoms with Gasteiger partial charge in [0.2, 0.25) is 5.91 Å². The molecule has 1 aromatic carbocycles. The first-order valence-corrected chi connectivity index (χ1v) is 3.90. The minimum Gasteiger partial charge on any atom is -0.368 e. The molecule has 1 atom stereocenters. The Morgan fingerprint density at radius 1 is 1.54 bits per heavy atom. The number of nitrogens with two attached hydrogens (primary N) is 2. The summed E-state index contributed by atoms with van der Waals surface area (Å²) in [5.74, 6) is -1.18. The SMILES string of the molecule is NC(=O)C(N)c1ccc(F)cc1Cl. The van der Waals surface area contributed by atoms with Crippen LogP contribution in [-0.2, 0) is 4.79 Å². The van der Waals surface area contributed by atoms with E-state index in [-0.39, 0.29) is 5.02 Å². The molecule has 5 heteroatoms. The Kier molecular flexibility index (Phi) is 2.85. The lowest BCUT2D eigenvalue weighted by Gasteiger charge is -2.09. The molecular weight excluding hydrogens is 195 g/mol. The van der Waals surface area contributed by atoms with Crippen LogP contribution in [-0.4, -0.2) is 5.91 Å². The van der Waals surface area contributed by atoms with Crippen molar-refractivity contribution in [1.82, 2.24) is 0 Å². The lowest BCUT2D eigenvalue weighted by Crippen LogP contribution is -2.28. The third kappa shape index (κ3) is 2.17. The first-order chi connectivity index (χ1) is 6.02. The summed E-state index contributed by atoms with van der Waals surface area (Å²) >= 11 is 5.64. The van der Waals surface area contributed by atoms with Gasteiger partial charge in [-0.2, -0.15) is 0 Å². The van der Waals surface area contributed by atoms with Gasteiger partial charge in [-0.3, -0.25) is 4.79 Å². The highest BCUT2D eigenvalue weighted by Gasteiger charge is 2.15. The highest BCUT2D eigenvalue weighted by Crippen LogP contribution is 2.21. The topological polar surface area (TPSA) is 69.1 Å². The number of hydrogen-bond acceptors (Lipinski definition) is 2. The van der Waals surface area contributed by atoms with Crippen LogP contribution in [0.3, 0.4) is 0 Å². The third-order valence-electron chi connectivity index (χ3n) is 1.60. The van der Waals surface area contributed by atoms with E-state index in [1.165, 1.54) is 12.1 Å². The molecule has 0 spiro atoms. The van der Waals surface area contributed by atoms with E-state index in [1.54, 1.807) is 0 Å². The average molecular weight is 203 g/mol. The van der Waals surface area contributed by atoms with Crippen LogP contribution in [0.25, 0.3) is 0 Å². The van der Waals surface area contributed by atoms with E-state index < -0.39 is 17.8 Å². The molecule has 1 unspecified atom stereocenters. The number of benzene rings is 1. The van der Waals surface area contributed by atoms with Gasteiger partial charge in [-0.1, -0.05) is 17.7 Å². The predicted molar refractivity (Wildman–Crippen MR) is 47.5 cm³/mol. The largest absolute Gasteiger partial charge is 0.368 e. The second-order valence-corrected chi connectivity index (χ2v) is 2.95.